The van der Waals surface area contributed by atoms with E-state index < -0.39 is 0 Å². The highest BCUT2D eigenvalue weighted by Crippen LogP contribution is 2.36. The molecule has 0 unspecified atom stereocenters. The Kier molecular flexibility index (Phi) is 3.73. The van der Waals surface area contributed by atoms with E-state index in [0.717, 1.165) is 29.1 Å². The third-order valence-corrected chi connectivity index (χ3v) is 4.56. The molecule has 0 aliphatic heterocycles. The zero-order valence-corrected chi connectivity index (χ0v) is 13.2. The largest absolute Gasteiger partial charge is 0.368 e. The van der Waals surface area contributed by atoms with Gasteiger partial charge in [0.15, 0.2) is 0 Å². The quantitative estimate of drug-likeness (QED) is 0.609. The molecule has 0 aliphatic carbocycles. The molecule has 6 heteroatoms. The molecule has 4 rings (SSSR count). The Morgan fingerprint density at radius 1 is 1.13 bits per heavy atom. The minimum absolute atomic E-state index is 0.784. The van der Waals surface area contributed by atoms with E-state index in [1.54, 1.807) is 23.9 Å². The van der Waals surface area contributed by atoms with Crippen molar-refractivity contribution in [2.45, 2.75) is 6.54 Å². The van der Waals surface area contributed by atoms with Gasteiger partial charge in [0.05, 0.1) is 11.7 Å². The molecular weight excluding hydrogens is 306 g/mol. The molecule has 0 fully saturated rings. The van der Waals surface area contributed by atoms with Gasteiger partial charge >= 0.3 is 0 Å². The number of fused-ring (bicyclic) bond motifs is 1. The van der Waals surface area contributed by atoms with Crippen molar-refractivity contribution in [3.8, 4) is 11.1 Å². The Morgan fingerprint density at radius 2 is 2.04 bits per heavy atom. The second-order valence-corrected chi connectivity index (χ2v) is 6.00. The number of hydrogen-bond donors (Lipinski definition) is 1. The summed E-state index contributed by atoms with van der Waals surface area (Å²) in [4.78, 5) is 13.9. The molecule has 0 amide bonds. The van der Waals surface area contributed by atoms with Crippen LogP contribution >= 0.6 is 11.3 Å². The zero-order valence-electron chi connectivity index (χ0n) is 12.4. The fourth-order valence-electron chi connectivity index (χ4n) is 2.56. The Hall–Kier alpha value is -2.73. The molecule has 0 bridgehead atoms. The first-order valence-electron chi connectivity index (χ1n) is 7.39. The van der Waals surface area contributed by atoms with Crippen molar-refractivity contribution >= 4 is 27.4 Å². The highest BCUT2D eigenvalue weighted by Gasteiger charge is 2.12. The van der Waals surface area contributed by atoms with Gasteiger partial charge in [0, 0.05) is 36.4 Å². The van der Waals surface area contributed by atoms with Gasteiger partial charge in [-0.1, -0.05) is 30.3 Å². The average Bonchev–Trinajstić information content (AvgIpc) is 3.25. The number of thiophene rings is 1. The molecule has 0 spiro atoms. The molecule has 3 heterocycles. The number of nitrogens with zero attached hydrogens (tertiary/aromatic N) is 4. The Balaban J connectivity index is 1.65. The normalized spacial score (nSPS) is 11.0. The molecule has 0 saturated carbocycles. The summed E-state index contributed by atoms with van der Waals surface area (Å²) in [6.45, 7) is 1.63. The van der Waals surface area contributed by atoms with Crippen LogP contribution in [-0.2, 0) is 6.54 Å². The van der Waals surface area contributed by atoms with Crippen LogP contribution in [0.2, 0.25) is 0 Å². The lowest BCUT2D eigenvalue weighted by atomic mass is 10.1. The number of anilines is 1. The second kappa shape index (κ2) is 6.18. The summed E-state index contributed by atoms with van der Waals surface area (Å²) in [7, 11) is 0. The predicted octanol–water partition coefficient (Wildman–Crippen LogP) is 3.67. The van der Waals surface area contributed by atoms with Crippen molar-refractivity contribution in [1.82, 2.24) is 19.5 Å². The summed E-state index contributed by atoms with van der Waals surface area (Å²) in [5, 5.41) is 6.67. The molecule has 5 nitrogen and oxygen atoms in total. The molecule has 23 heavy (non-hydrogen) atoms. The SMILES string of the molecule is c1ccc(-c2csc3ncnc(NCCn4ccnc4)c23)cc1. The van der Waals surface area contributed by atoms with E-state index in [2.05, 4.69) is 49.9 Å². The number of rotatable bonds is 5. The minimum atomic E-state index is 0.784. The smallest absolute Gasteiger partial charge is 0.138 e. The van der Waals surface area contributed by atoms with Crippen LogP contribution in [0.1, 0.15) is 0 Å². The first-order valence-corrected chi connectivity index (χ1v) is 8.27. The molecule has 0 atom stereocenters. The van der Waals surface area contributed by atoms with Gasteiger partial charge in [0.2, 0.25) is 0 Å². The number of hydrogen-bond acceptors (Lipinski definition) is 5. The van der Waals surface area contributed by atoms with Crippen molar-refractivity contribution in [3.05, 3.63) is 60.8 Å². The summed E-state index contributed by atoms with van der Waals surface area (Å²) >= 11 is 1.65. The number of benzene rings is 1. The molecule has 1 N–H and O–H groups in total. The first kappa shape index (κ1) is 13.9. The van der Waals surface area contributed by atoms with Gasteiger partial charge in [0.1, 0.15) is 17.0 Å². The molecule has 0 aliphatic rings. The van der Waals surface area contributed by atoms with Gasteiger partial charge < -0.3 is 9.88 Å². The summed E-state index contributed by atoms with van der Waals surface area (Å²) in [5.74, 6) is 0.884. The highest BCUT2D eigenvalue weighted by atomic mass is 32.1. The van der Waals surface area contributed by atoms with Gasteiger partial charge in [-0.15, -0.1) is 11.3 Å². The van der Waals surface area contributed by atoms with Gasteiger partial charge in [0.25, 0.3) is 0 Å². The fourth-order valence-corrected chi connectivity index (χ4v) is 3.48. The van der Waals surface area contributed by atoms with Gasteiger partial charge in [-0.2, -0.15) is 0 Å². The van der Waals surface area contributed by atoms with E-state index in [0.29, 0.717) is 0 Å². The monoisotopic (exact) mass is 321 g/mol. The van der Waals surface area contributed by atoms with Crippen molar-refractivity contribution in [3.63, 3.8) is 0 Å². The maximum absolute atomic E-state index is 4.44. The van der Waals surface area contributed by atoms with Crippen molar-refractivity contribution < 1.29 is 0 Å². The lowest BCUT2D eigenvalue weighted by molar-refractivity contribution is 0.726. The summed E-state index contributed by atoms with van der Waals surface area (Å²) in [6, 6.07) is 10.4. The van der Waals surface area contributed by atoms with Gasteiger partial charge in [-0.3, -0.25) is 0 Å². The first-order chi connectivity index (χ1) is 11.4. The number of nitrogens with one attached hydrogen (secondary N) is 1. The van der Waals surface area contributed by atoms with Crippen LogP contribution in [0.4, 0.5) is 5.82 Å². The van der Waals surface area contributed by atoms with Crippen LogP contribution in [0.25, 0.3) is 21.3 Å². The van der Waals surface area contributed by atoms with Crippen LogP contribution in [0.5, 0.6) is 0 Å². The molecule has 3 aromatic heterocycles. The standard InChI is InChI=1S/C17H15N5S/c1-2-4-13(5-3-1)14-10-23-17-15(14)16(20-11-21-17)19-7-9-22-8-6-18-12-22/h1-6,8,10-12H,7,9H2,(H,19,20,21). The van der Waals surface area contributed by atoms with Crippen molar-refractivity contribution in [1.29, 1.82) is 0 Å². The van der Waals surface area contributed by atoms with Crippen molar-refractivity contribution in [2.24, 2.45) is 0 Å². The lowest BCUT2D eigenvalue weighted by Crippen LogP contribution is -2.10. The van der Waals surface area contributed by atoms with E-state index in [-0.39, 0.29) is 0 Å². The molecule has 1 aromatic carbocycles. The highest BCUT2D eigenvalue weighted by molar-refractivity contribution is 7.17. The van der Waals surface area contributed by atoms with E-state index in [1.807, 2.05) is 23.2 Å². The zero-order chi connectivity index (χ0) is 15.5. The maximum Gasteiger partial charge on any atom is 0.138 e. The molecule has 114 valence electrons. The number of imidazole rings is 1. The maximum atomic E-state index is 4.44. The van der Waals surface area contributed by atoms with E-state index in [1.165, 1.54) is 11.1 Å². The fraction of sp³-hybridized carbons (Fsp3) is 0.118. The Bertz CT molecular complexity index is 899. The van der Waals surface area contributed by atoms with Crippen LogP contribution in [-0.4, -0.2) is 26.1 Å². The minimum Gasteiger partial charge on any atom is -0.368 e. The third kappa shape index (κ3) is 2.80. The third-order valence-electron chi connectivity index (χ3n) is 3.68. The van der Waals surface area contributed by atoms with E-state index in [4.69, 9.17) is 0 Å². The molecular formula is C17H15N5S. The van der Waals surface area contributed by atoms with Crippen LogP contribution in [0.3, 0.4) is 0 Å². The van der Waals surface area contributed by atoms with Crippen LogP contribution < -0.4 is 5.32 Å². The van der Waals surface area contributed by atoms with Crippen molar-refractivity contribution in [2.75, 3.05) is 11.9 Å². The summed E-state index contributed by atoms with van der Waals surface area (Å²) in [5.41, 5.74) is 2.36. The van der Waals surface area contributed by atoms with Crippen LogP contribution in [0, 0.1) is 0 Å². The summed E-state index contributed by atoms with van der Waals surface area (Å²) in [6.07, 6.45) is 7.18. The molecule has 4 aromatic rings. The van der Waals surface area contributed by atoms with Gasteiger partial charge in [-0.25, -0.2) is 15.0 Å². The lowest BCUT2D eigenvalue weighted by Gasteiger charge is -2.08. The number of aromatic nitrogens is 4. The van der Waals surface area contributed by atoms with Gasteiger partial charge in [-0.05, 0) is 5.56 Å². The molecule has 0 saturated heterocycles. The van der Waals surface area contributed by atoms with Crippen LogP contribution in [0.15, 0.2) is 60.8 Å². The molecule has 0 radical (unpaired) electrons. The second-order valence-electron chi connectivity index (χ2n) is 5.15. The predicted molar refractivity (Wildman–Crippen MR) is 93.6 cm³/mol. The summed E-state index contributed by atoms with van der Waals surface area (Å²) < 4.78 is 2.04. The topological polar surface area (TPSA) is 55.6 Å². The van der Waals surface area contributed by atoms with E-state index in [9.17, 15) is 0 Å². The Morgan fingerprint density at radius 3 is 2.87 bits per heavy atom. The average molecular weight is 321 g/mol. The van der Waals surface area contributed by atoms with E-state index >= 15 is 0 Å². The Labute approximate surface area is 137 Å².